The highest BCUT2D eigenvalue weighted by Gasteiger charge is 2.08. The van der Waals surface area contributed by atoms with Gasteiger partial charge in [0.15, 0.2) is 11.5 Å². The molecule has 0 aliphatic carbocycles. The molecule has 0 unspecified atom stereocenters. The topological polar surface area (TPSA) is 30.5 Å². The van der Waals surface area contributed by atoms with E-state index in [0.29, 0.717) is 6.54 Å². The second kappa shape index (κ2) is 7.10. The maximum atomic E-state index is 5.42. The molecule has 0 amide bonds. The second-order valence-electron chi connectivity index (χ2n) is 4.23. The van der Waals surface area contributed by atoms with E-state index in [1.165, 1.54) is 4.90 Å². The van der Waals surface area contributed by atoms with Crippen LogP contribution in [0.15, 0.2) is 47.4 Å². The van der Waals surface area contributed by atoms with Gasteiger partial charge in [0.05, 0.1) is 14.2 Å². The SMILES string of the molecule is COc1cccc(CNc2ccc(SC)cc2)c1OC. The van der Waals surface area contributed by atoms with Crippen LogP contribution in [0.4, 0.5) is 5.69 Å². The minimum atomic E-state index is 0.693. The Bertz CT molecular complexity index is 555. The van der Waals surface area contributed by atoms with Crippen LogP contribution in [0.25, 0.3) is 0 Å². The van der Waals surface area contributed by atoms with Crippen molar-refractivity contribution in [2.24, 2.45) is 0 Å². The van der Waals surface area contributed by atoms with Crippen molar-refractivity contribution in [3.63, 3.8) is 0 Å². The van der Waals surface area contributed by atoms with E-state index in [2.05, 4.69) is 35.8 Å². The molecule has 0 spiro atoms. The van der Waals surface area contributed by atoms with Gasteiger partial charge in [-0.2, -0.15) is 0 Å². The van der Waals surface area contributed by atoms with Gasteiger partial charge in [-0.05, 0) is 36.6 Å². The van der Waals surface area contributed by atoms with Crippen LogP contribution < -0.4 is 14.8 Å². The first-order chi connectivity index (χ1) is 9.78. The van der Waals surface area contributed by atoms with Crippen LogP contribution in [-0.2, 0) is 6.54 Å². The molecule has 0 saturated heterocycles. The summed E-state index contributed by atoms with van der Waals surface area (Å²) in [5, 5.41) is 3.39. The zero-order chi connectivity index (χ0) is 14.4. The van der Waals surface area contributed by atoms with Crippen molar-refractivity contribution in [2.45, 2.75) is 11.4 Å². The Morgan fingerprint density at radius 1 is 1.00 bits per heavy atom. The minimum Gasteiger partial charge on any atom is -0.493 e. The average molecular weight is 289 g/mol. The van der Waals surface area contributed by atoms with Crippen LogP contribution in [0.5, 0.6) is 11.5 Å². The highest BCUT2D eigenvalue weighted by molar-refractivity contribution is 7.98. The van der Waals surface area contributed by atoms with Crippen molar-refractivity contribution in [3.05, 3.63) is 48.0 Å². The van der Waals surface area contributed by atoms with E-state index in [-0.39, 0.29) is 0 Å². The quantitative estimate of drug-likeness (QED) is 0.813. The lowest BCUT2D eigenvalue weighted by molar-refractivity contribution is 0.352. The number of rotatable bonds is 6. The minimum absolute atomic E-state index is 0.693. The lowest BCUT2D eigenvalue weighted by atomic mass is 10.1. The smallest absolute Gasteiger partial charge is 0.165 e. The molecular formula is C16H19NO2S. The first-order valence-corrected chi connectivity index (χ1v) is 7.58. The molecule has 2 rings (SSSR count). The zero-order valence-corrected chi connectivity index (χ0v) is 12.8. The fraction of sp³-hybridized carbons (Fsp3) is 0.250. The molecule has 1 N–H and O–H groups in total. The average Bonchev–Trinajstić information content (AvgIpc) is 2.52. The van der Waals surface area contributed by atoms with Crippen LogP contribution >= 0.6 is 11.8 Å². The molecule has 20 heavy (non-hydrogen) atoms. The second-order valence-corrected chi connectivity index (χ2v) is 5.11. The van der Waals surface area contributed by atoms with Gasteiger partial charge in [0.25, 0.3) is 0 Å². The molecule has 0 fully saturated rings. The molecule has 2 aromatic rings. The Balaban J connectivity index is 2.10. The van der Waals surface area contributed by atoms with Gasteiger partial charge in [-0.25, -0.2) is 0 Å². The van der Waals surface area contributed by atoms with E-state index in [4.69, 9.17) is 9.47 Å². The van der Waals surface area contributed by atoms with E-state index < -0.39 is 0 Å². The summed E-state index contributed by atoms with van der Waals surface area (Å²) in [6.07, 6.45) is 2.07. The molecule has 2 aromatic carbocycles. The normalized spacial score (nSPS) is 10.2. The van der Waals surface area contributed by atoms with Crippen molar-refractivity contribution in [2.75, 3.05) is 25.8 Å². The van der Waals surface area contributed by atoms with Crippen LogP contribution in [0, 0.1) is 0 Å². The predicted molar refractivity (Wildman–Crippen MR) is 85.1 cm³/mol. The summed E-state index contributed by atoms with van der Waals surface area (Å²) in [6.45, 7) is 0.693. The molecule has 0 saturated carbocycles. The summed E-state index contributed by atoms with van der Waals surface area (Å²) in [7, 11) is 3.31. The first-order valence-electron chi connectivity index (χ1n) is 6.36. The molecule has 0 aromatic heterocycles. The molecule has 0 aliphatic rings. The third kappa shape index (κ3) is 3.39. The van der Waals surface area contributed by atoms with Crippen molar-refractivity contribution in [1.29, 1.82) is 0 Å². The van der Waals surface area contributed by atoms with Crippen LogP contribution in [0.2, 0.25) is 0 Å². The number of methoxy groups -OCH3 is 2. The molecule has 0 atom stereocenters. The molecular weight excluding hydrogens is 270 g/mol. The third-order valence-corrected chi connectivity index (χ3v) is 3.80. The van der Waals surface area contributed by atoms with E-state index in [0.717, 1.165) is 22.7 Å². The van der Waals surface area contributed by atoms with Crippen molar-refractivity contribution in [3.8, 4) is 11.5 Å². The van der Waals surface area contributed by atoms with Gasteiger partial charge < -0.3 is 14.8 Å². The Labute approximate surface area is 124 Å². The Morgan fingerprint density at radius 2 is 1.75 bits per heavy atom. The van der Waals surface area contributed by atoms with Gasteiger partial charge >= 0.3 is 0 Å². The van der Waals surface area contributed by atoms with Crippen molar-refractivity contribution >= 4 is 17.4 Å². The Kier molecular flexibility index (Phi) is 5.18. The summed E-state index contributed by atoms with van der Waals surface area (Å²) in [5.74, 6) is 1.53. The monoisotopic (exact) mass is 289 g/mol. The van der Waals surface area contributed by atoms with E-state index in [1.54, 1.807) is 26.0 Å². The largest absolute Gasteiger partial charge is 0.493 e. The van der Waals surface area contributed by atoms with E-state index in [1.807, 2.05) is 18.2 Å². The van der Waals surface area contributed by atoms with E-state index >= 15 is 0 Å². The van der Waals surface area contributed by atoms with Gasteiger partial charge in [0.1, 0.15) is 0 Å². The number of anilines is 1. The fourth-order valence-corrected chi connectivity index (χ4v) is 2.41. The molecule has 0 heterocycles. The standard InChI is InChI=1S/C16H19NO2S/c1-18-15-6-4-5-12(16(15)19-2)11-17-13-7-9-14(20-3)10-8-13/h4-10,17H,11H2,1-3H3. The molecule has 0 radical (unpaired) electrons. The summed E-state index contributed by atoms with van der Waals surface area (Å²) in [6, 6.07) is 14.3. The highest BCUT2D eigenvalue weighted by atomic mass is 32.2. The maximum absolute atomic E-state index is 5.42. The molecule has 4 heteroatoms. The zero-order valence-electron chi connectivity index (χ0n) is 12.0. The summed E-state index contributed by atoms with van der Waals surface area (Å²) in [5.41, 5.74) is 2.16. The summed E-state index contributed by atoms with van der Waals surface area (Å²) < 4.78 is 10.7. The number of para-hydroxylation sites is 1. The first kappa shape index (κ1) is 14.6. The van der Waals surface area contributed by atoms with Gasteiger partial charge in [0, 0.05) is 22.7 Å². The number of ether oxygens (including phenoxy) is 2. The lowest BCUT2D eigenvalue weighted by Gasteiger charge is -2.13. The number of thioether (sulfide) groups is 1. The van der Waals surface area contributed by atoms with Crippen LogP contribution in [-0.4, -0.2) is 20.5 Å². The molecule has 0 aliphatic heterocycles. The van der Waals surface area contributed by atoms with Crippen LogP contribution in [0.3, 0.4) is 0 Å². The van der Waals surface area contributed by atoms with Crippen molar-refractivity contribution < 1.29 is 9.47 Å². The van der Waals surface area contributed by atoms with E-state index in [9.17, 15) is 0 Å². The maximum Gasteiger partial charge on any atom is 0.165 e. The Hall–Kier alpha value is -1.81. The van der Waals surface area contributed by atoms with Crippen LogP contribution in [0.1, 0.15) is 5.56 Å². The summed E-state index contributed by atoms with van der Waals surface area (Å²) in [4.78, 5) is 1.26. The lowest BCUT2D eigenvalue weighted by Crippen LogP contribution is -2.02. The fourth-order valence-electron chi connectivity index (χ4n) is 2.00. The molecule has 106 valence electrons. The molecule has 3 nitrogen and oxygen atoms in total. The predicted octanol–water partition coefficient (Wildman–Crippen LogP) is 4.04. The number of hydrogen-bond donors (Lipinski definition) is 1. The van der Waals surface area contributed by atoms with Crippen molar-refractivity contribution in [1.82, 2.24) is 0 Å². The summed E-state index contributed by atoms with van der Waals surface area (Å²) >= 11 is 1.74. The number of benzene rings is 2. The van der Waals surface area contributed by atoms with Gasteiger partial charge in [-0.1, -0.05) is 12.1 Å². The Morgan fingerprint density at radius 3 is 2.35 bits per heavy atom. The highest BCUT2D eigenvalue weighted by Crippen LogP contribution is 2.31. The van der Waals surface area contributed by atoms with Gasteiger partial charge in [-0.3, -0.25) is 0 Å². The molecule has 0 bridgehead atoms. The third-order valence-electron chi connectivity index (χ3n) is 3.06. The van der Waals surface area contributed by atoms with Gasteiger partial charge in [0.2, 0.25) is 0 Å². The van der Waals surface area contributed by atoms with Gasteiger partial charge in [-0.15, -0.1) is 11.8 Å². The number of nitrogens with one attached hydrogen (secondary N) is 1. The number of hydrogen-bond acceptors (Lipinski definition) is 4.